The molecule has 3 amide bonds. The fourth-order valence-electron chi connectivity index (χ4n) is 5.21. The zero-order chi connectivity index (χ0) is 20.9. The van der Waals surface area contributed by atoms with Crippen LogP contribution in [0.1, 0.15) is 38.2 Å². The molecule has 0 saturated carbocycles. The number of benzene rings is 1. The number of ether oxygens (including phenoxy) is 1. The van der Waals surface area contributed by atoms with Crippen molar-refractivity contribution in [1.82, 2.24) is 15.1 Å². The zero-order valence-corrected chi connectivity index (χ0v) is 18.0. The Morgan fingerprint density at radius 2 is 1.87 bits per heavy atom. The van der Waals surface area contributed by atoms with Gasteiger partial charge in [-0.05, 0) is 36.0 Å². The Morgan fingerprint density at radius 3 is 2.57 bits per heavy atom. The predicted molar refractivity (Wildman–Crippen MR) is 115 cm³/mol. The molecule has 0 aliphatic carbocycles. The van der Waals surface area contributed by atoms with Crippen molar-refractivity contribution < 1.29 is 14.3 Å². The Balaban J connectivity index is 1.14. The molecule has 0 aromatic heterocycles. The first-order chi connectivity index (χ1) is 14.4. The van der Waals surface area contributed by atoms with Gasteiger partial charge in [-0.1, -0.05) is 26.0 Å². The highest BCUT2D eigenvalue weighted by atomic mass is 16.5. The zero-order valence-electron chi connectivity index (χ0n) is 18.0. The normalized spacial score (nSPS) is 28.7. The molecular weight excluding hydrogens is 380 g/mol. The van der Waals surface area contributed by atoms with Crippen LogP contribution in [0.4, 0.5) is 10.5 Å². The van der Waals surface area contributed by atoms with Crippen molar-refractivity contribution in [2.75, 3.05) is 50.8 Å². The largest absolute Gasteiger partial charge is 0.371 e. The number of nitrogens with zero attached hydrogens (tertiary/aromatic N) is 3. The van der Waals surface area contributed by atoms with Gasteiger partial charge in [0.2, 0.25) is 5.91 Å². The molecule has 30 heavy (non-hydrogen) atoms. The number of morpholine rings is 1. The average molecular weight is 413 g/mol. The summed E-state index contributed by atoms with van der Waals surface area (Å²) in [7, 11) is 0. The first kappa shape index (κ1) is 19.7. The Labute approximate surface area is 178 Å². The van der Waals surface area contributed by atoms with E-state index in [0.29, 0.717) is 24.4 Å². The molecule has 1 aromatic carbocycles. The summed E-state index contributed by atoms with van der Waals surface area (Å²) in [6.07, 6.45) is 2.06. The SMILES string of the molecule is CC1(C)CCN(c2ccc(C3CN(C(=O)N4CC[C@@H]5OCC(=O)N[C@@H]5C4)C3)cc2)C1. The summed E-state index contributed by atoms with van der Waals surface area (Å²) in [6, 6.07) is 8.93. The van der Waals surface area contributed by atoms with Crippen molar-refractivity contribution >= 4 is 17.6 Å². The van der Waals surface area contributed by atoms with Gasteiger partial charge in [0.05, 0.1) is 12.1 Å². The van der Waals surface area contributed by atoms with Crippen molar-refractivity contribution in [1.29, 1.82) is 0 Å². The standard InChI is InChI=1S/C23H32N4O3/c1-23(2)8-10-26(15-23)18-5-3-16(4-6-18)17-11-27(12-17)22(29)25-9-7-20-19(13-25)24-21(28)14-30-20/h3-6,17,19-20H,7-15H2,1-2H3,(H,24,28)/t19-,20+/m1/s1. The van der Waals surface area contributed by atoms with Gasteiger partial charge in [-0.25, -0.2) is 4.79 Å². The summed E-state index contributed by atoms with van der Waals surface area (Å²) in [6.45, 7) is 9.80. The summed E-state index contributed by atoms with van der Waals surface area (Å²) in [5.41, 5.74) is 3.01. The van der Waals surface area contributed by atoms with E-state index in [1.165, 1.54) is 17.7 Å². The molecule has 7 nitrogen and oxygen atoms in total. The van der Waals surface area contributed by atoms with Crippen molar-refractivity contribution in [3.8, 4) is 0 Å². The van der Waals surface area contributed by atoms with Crippen LogP contribution in [0.5, 0.6) is 0 Å². The van der Waals surface area contributed by atoms with Gasteiger partial charge in [0.25, 0.3) is 0 Å². The van der Waals surface area contributed by atoms with Gasteiger partial charge in [-0.15, -0.1) is 0 Å². The summed E-state index contributed by atoms with van der Waals surface area (Å²) in [5, 5.41) is 2.97. The summed E-state index contributed by atoms with van der Waals surface area (Å²) in [4.78, 5) is 30.7. The quantitative estimate of drug-likeness (QED) is 0.807. The molecule has 4 aliphatic rings. The molecule has 4 saturated heterocycles. The number of urea groups is 1. The van der Waals surface area contributed by atoms with Crippen molar-refractivity contribution in [2.24, 2.45) is 5.41 Å². The van der Waals surface area contributed by atoms with Crippen LogP contribution in [0.15, 0.2) is 24.3 Å². The molecular formula is C23H32N4O3. The molecule has 1 N–H and O–H groups in total. The molecule has 4 aliphatic heterocycles. The fourth-order valence-corrected chi connectivity index (χ4v) is 5.21. The Kier molecular flexibility index (Phi) is 4.88. The van der Waals surface area contributed by atoms with Gasteiger partial charge in [0.1, 0.15) is 6.61 Å². The van der Waals surface area contributed by atoms with E-state index in [4.69, 9.17) is 4.74 Å². The van der Waals surface area contributed by atoms with E-state index < -0.39 is 0 Å². The van der Waals surface area contributed by atoms with Crippen molar-refractivity contribution in [3.63, 3.8) is 0 Å². The van der Waals surface area contributed by atoms with E-state index in [2.05, 4.69) is 48.3 Å². The van der Waals surface area contributed by atoms with Crippen LogP contribution in [0, 0.1) is 5.41 Å². The second-order valence-electron chi connectivity index (χ2n) is 10.1. The molecule has 4 fully saturated rings. The topological polar surface area (TPSA) is 65.1 Å². The number of piperidine rings is 1. The maximum Gasteiger partial charge on any atom is 0.320 e. The number of fused-ring (bicyclic) bond motifs is 1. The third-order valence-corrected chi connectivity index (χ3v) is 7.15. The highest BCUT2D eigenvalue weighted by Gasteiger charge is 2.40. The minimum atomic E-state index is -0.0875. The summed E-state index contributed by atoms with van der Waals surface area (Å²) in [5.74, 6) is 0.323. The number of likely N-dealkylation sites (tertiary alicyclic amines) is 2. The van der Waals surface area contributed by atoms with Gasteiger partial charge in [-0.2, -0.15) is 0 Å². The number of anilines is 1. The van der Waals surface area contributed by atoms with E-state index in [1.54, 1.807) is 0 Å². The fraction of sp³-hybridized carbons (Fsp3) is 0.652. The van der Waals surface area contributed by atoms with Crippen LogP contribution >= 0.6 is 0 Å². The van der Waals surface area contributed by atoms with Gasteiger partial charge in [0, 0.05) is 50.9 Å². The average Bonchev–Trinajstić information content (AvgIpc) is 3.06. The molecule has 4 heterocycles. The second-order valence-corrected chi connectivity index (χ2v) is 10.1. The lowest BCUT2D eigenvalue weighted by molar-refractivity contribution is -0.139. The number of carbonyl (C=O) groups excluding carboxylic acids is 2. The lowest BCUT2D eigenvalue weighted by Crippen LogP contribution is -2.63. The molecule has 0 radical (unpaired) electrons. The number of rotatable bonds is 2. The van der Waals surface area contributed by atoms with Crippen LogP contribution in [0.2, 0.25) is 0 Å². The lowest BCUT2D eigenvalue weighted by atomic mass is 9.91. The Morgan fingerprint density at radius 1 is 1.10 bits per heavy atom. The Bertz CT molecular complexity index is 818. The van der Waals surface area contributed by atoms with Crippen LogP contribution < -0.4 is 10.2 Å². The number of amides is 3. The maximum atomic E-state index is 12.9. The third kappa shape index (κ3) is 3.75. The van der Waals surface area contributed by atoms with E-state index >= 15 is 0 Å². The highest BCUT2D eigenvalue weighted by molar-refractivity contribution is 5.79. The second kappa shape index (κ2) is 7.45. The van der Waals surface area contributed by atoms with Crippen molar-refractivity contribution in [2.45, 2.75) is 44.8 Å². The highest BCUT2D eigenvalue weighted by Crippen LogP contribution is 2.34. The smallest absolute Gasteiger partial charge is 0.320 e. The molecule has 5 rings (SSSR count). The first-order valence-electron chi connectivity index (χ1n) is 11.2. The van der Waals surface area contributed by atoms with Crippen LogP contribution in [-0.4, -0.2) is 79.8 Å². The van der Waals surface area contributed by atoms with Crippen LogP contribution in [0.3, 0.4) is 0 Å². The number of hydrogen-bond acceptors (Lipinski definition) is 4. The monoisotopic (exact) mass is 412 g/mol. The molecule has 0 unspecified atom stereocenters. The maximum absolute atomic E-state index is 12.9. The molecule has 162 valence electrons. The first-order valence-corrected chi connectivity index (χ1v) is 11.2. The number of nitrogens with one attached hydrogen (secondary N) is 1. The summed E-state index contributed by atoms with van der Waals surface area (Å²) < 4.78 is 5.59. The van der Waals surface area contributed by atoms with Gasteiger partial charge < -0.3 is 24.8 Å². The van der Waals surface area contributed by atoms with Gasteiger partial charge in [0.15, 0.2) is 0 Å². The molecule has 0 spiro atoms. The van der Waals surface area contributed by atoms with Crippen LogP contribution in [0.25, 0.3) is 0 Å². The summed E-state index contributed by atoms with van der Waals surface area (Å²) >= 11 is 0. The third-order valence-electron chi connectivity index (χ3n) is 7.15. The molecule has 2 atom stereocenters. The van der Waals surface area contributed by atoms with Crippen LogP contribution in [-0.2, 0) is 9.53 Å². The van der Waals surface area contributed by atoms with Gasteiger partial charge >= 0.3 is 6.03 Å². The van der Waals surface area contributed by atoms with E-state index in [-0.39, 0.29) is 30.7 Å². The van der Waals surface area contributed by atoms with E-state index in [1.807, 2.05) is 9.80 Å². The van der Waals surface area contributed by atoms with Crippen molar-refractivity contribution in [3.05, 3.63) is 29.8 Å². The molecule has 7 heteroatoms. The number of carbonyl (C=O) groups is 2. The minimum Gasteiger partial charge on any atom is -0.371 e. The molecule has 0 bridgehead atoms. The lowest BCUT2D eigenvalue weighted by Gasteiger charge is -2.46. The number of hydrogen-bond donors (Lipinski definition) is 1. The van der Waals surface area contributed by atoms with E-state index in [0.717, 1.165) is 32.6 Å². The van der Waals surface area contributed by atoms with E-state index in [9.17, 15) is 9.59 Å². The Hall–Kier alpha value is -2.28. The predicted octanol–water partition coefficient (Wildman–Crippen LogP) is 2.03. The molecule has 1 aromatic rings. The minimum absolute atomic E-state index is 0.0376. The van der Waals surface area contributed by atoms with Gasteiger partial charge in [-0.3, -0.25) is 4.79 Å².